The van der Waals surface area contributed by atoms with E-state index in [-0.39, 0.29) is 0 Å². The first-order valence-corrected chi connectivity index (χ1v) is 11.2. The molecule has 0 bridgehead atoms. The van der Waals surface area contributed by atoms with Gasteiger partial charge >= 0.3 is 0 Å². The first kappa shape index (κ1) is 20.5. The average molecular weight is 407 g/mol. The van der Waals surface area contributed by atoms with E-state index in [0.717, 1.165) is 50.8 Å². The lowest BCUT2D eigenvalue weighted by atomic mass is 9.97. The molecule has 2 aromatic rings. The van der Waals surface area contributed by atoms with Crippen LogP contribution in [0.15, 0.2) is 36.2 Å². The van der Waals surface area contributed by atoms with Crippen LogP contribution in [0.4, 0.5) is 23.0 Å². The van der Waals surface area contributed by atoms with Gasteiger partial charge in [0, 0.05) is 38.4 Å². The van der Waals surface area contributed by atoms with Gasteiger partial charge in [-0.1, -0.05) is 23.8 Å². The van der Waals surface area contributed by atoms with Crippen molar-refractivity contribution in [1.82, 2.24) is 9.97 Å². The van der Waals surface area contributed by atoms with Gasteiger partial charge in [0.2, 0.25) is 0 Å². The van der Waals surface area contributed by atoms with Crippen molar-refractivity contribution in [3.63, 3.8) is 0 Å². The molecular formula is C24H34N6. The normalized spacial score (nSPS) is 17.1. The van der Waals surface area contributed by atoms with Gasteiger partial charge in [0.15, 0.2) is 11.6 Å². The quantitative estimate of drug-likeness (QED) is 0.697. The second kappa shape index (κ2) is 9.37. The fraction of sp³-hybridized carbons (Fsp3) is 0.500. The van der Waals surface area contributed by atoms with Gasteiger partial charge in [-0.3, -0.25) is 0 Å². The molecule has 1 aliphatic heterocycles. The van der Waals surface area contributed by atoms with E-state index in [4.69, 9.17) is 5.73 Å². The molecule has 2 aliphatic rings. The number of rotatable bonds is 6. The summed E-state index contributed by atoms with van der Waals surface area (Å²) in [5.41, 5.74) is 12.7. The Kier molecular flexibility index (Phi) is 6.41. The van der Waals surface area contributed by atoms with Crippen LogP contribution < -0.4 is 20.9 Å². The highest BCUT2D eigenvalue weighted by molar-refractivity contribution is 5.75. The SMILES string of the molecule is Cc1cccc(N2CCN(c3ncnc(NCCC4=CCCCC4)c3N)CC2)c1C. The van der Waals surface area contributed by atoms with Crippen LogP contribution in [0.5, 0.6) is 0 Å². The zero-order valence-electron chi connectivity index (χ0n) is 18.3. The number of nitrogen functional groups attached to an aromatic ring is 1. The fourth-order valence-corrected chi connectivity index (χ4v) is 4.49. The summed E-state index contributed by atoms with van der Waals surface area (Å²) < 4.78 is 0. The summed E-state index contributed by atoms with van der Waals surface area (Å²) in [7, 11) is 0. The number of piperazine rings is 1. The third-order valence-electron chi connectivity index (χ3n) is 6.48. The van der Waals surface area contributed by atoms with Crippen LogP contribution in [-0.2, 0) is 0 Å². The van der Waals surface area contributed by atoms with E-state index in [1.807, 2.05) is 0 Å². The van der Waals surface area contributed by atoms with Gasteiger partial charge in [-0.25, -0.2) is 9.97 Å². The Balaban J connectivity index is 1.37. The number of benzene rings is 1. The Hall–Kier alpha value is -2.76. The number of allylic oxidation sites excluding steroid dienone is 1. The fourth-order valence-electron chi connectivity index (χ4n) is 4.49. The zero-order chi connectivity index (χ0) is 20.9. The van der Waals surface area contributed by atoms with Crippen LogP contribution in [0, 0.1) is 13.8 Å². The number of nitrogens with one attached hydrogen (secondary N) is 1. The first-order chi connectivity index (χ1) is 14.6. The number of nitrogens with two attached hydrogens (primary N) is 1. The largest absolute Gasteiger partial charge is 0.393 e. The molecule has 0 amide bonds. The maximum absolute atomic E-state index is 6.47. The van der Waals surface area contributed by atoms with Crippen LogP contribution >= 0.6 is 0 Å². The summed E-state index contributed by atoms with van der Waals surface area (Å²) in [6.07, 6.45) is 10.2. The Morgan fingerprint density at radius 2 is 1.83 bits per heavy atom. The second-order valence-electron chi connectivity index (χ2n) is 8.44. The van der Waals surface area contributed by atoms with Crippen molar-refractivity contribution in [3.8, 4) is 0 Å². The molecule has 0 saturated carbocycles. The van der Waals surface area contributed by atoms with Crippen molar-refractivity contribution in [1.29, 1.82) is 0 Å². The number of hydrogen-bond donors (Lipinski definition) is 2. The first-order valence-electron chi connectivity index (χ1n) is 11.2. The Labute approximate surface area is 180 Å². The van der Waals surface area contributed by atoms with Gasteiger partial charge in [-0.2, -0.15) is 0 Å². The third-order valence-corrected chi connectivity index (χ3v) is 6.48. The Bertz CT molecular complexity index is 899. The standard InChI is InChI=1S/C24H34N6/c1-18-7-6-10-21(19(18)2)29-13-15-30(16-14-29)24-22(25)23(27-17-28-24)26-12-11-20-8-4-3-5-9-20/h6-8,10,17H,3-5,9,11-16,25H2,1-2H3,(H,26,27,28). The summed E-state index contributed by atoms with van der Waals surface area (Å²) in [5.74, 6) is 1.61. The van der Waals surface area contributed by atoms with E-state index in [1.165, 1.54) is 42.5 Å². The average Bonchev–Trinajstić information content (AvgIpc) is 2.78. The van der Waals surface area contributed by atoms with Crippen molar-refractivity contribution in [2.45, 2.75) is 46.0 Å². The third kappa shape index (κ3) is 4.53. The number of anilines is 4. The number of hydrogen-bond acceptors (Lipinski definition) is 6. The summed E-state index contributed by atoms with van der Waals surface area (Å²) in [4.78, 5) is 13.7. The molecule has 2 heterocycles. The van der Waals surface area contributed by atoms with E-state index >= 15 is 0 Å². The molecular weight excluding hydrogens is 372 g/mol. The minimum absolute atomic E-state index is 0.662. The predicted molar refractivity (Wildman–Crippen MR) is 126 cm³/mol. The molecule has 0 atom stereocenters. The molecule has 1 aliphatic carbocycles. The molecule has 0 unspecified atom stereocenters. The Morgan fingerprint density at radius 1 is 1.03 bits per heavy atom. The maximum Gasteiger partial charge on any atom is 0.157 e. The van der Waals surface area contributed by atoms with Gasteiger partial charge in [0.05, 0.1) is 0 Å². The molecule has 1 saturated heterocycles. The van der Waals surface area contributed by atoms with Gasteiger partial charge in [0.1, 0.15) is 12.0 Å². The van der Waals surface area contributed by atoms with Crippen LogP contribution in [0.25, 0.3) is 0 Å². The molecule has 30 heavy (non-hydrogen) atoms. The van der Waals surface area contributed by atoms with Crippen molar-refractivity contribution >= 4 is 23.0 Å². The van der Waals surface area contributed by atoms with Crippen molar-refractivity contribution in [3.05, 3.63) is 47.3 Å². The summed E-state index contributed by atoms with van der Waals surface area (Å²) in [6.45, 7) is 8.99. The van der Waals surface area contributed by atoms with Crippen LogP contribution in [-0.4, -0.2) is 42.7 Å². The molecule has 3 N–H and O–H groups in total. The van der Waals surface area contributed by atoms with Crippen LogP contribution in [0.3, 0.4) is 0 Å². The van der Waals surface area contributed by atoms with E-state index in [0.29, 0.717) is 5.69 Å². The molecule has 0 radical (unpaired) electrons. The van der Waals surface area contributed by atoms with E-state index in [2.05, 4.69) is 63.2 Å². The second-order valence-corrected chi connectivity index (χ2v) is 8.44. The van der Waals surface area contributed by atoms with Gasteiger partial charge in [0.25, 0.3) is 0 Å². The van der Waals surface area contributed by atoms with Crippen molar-refractivity contribution < 1.29 is 0 Å². The number of aryl methyl sites for hydroxylation is 1. The van der Waals surface area contributed by atoms with E-state index < -0.39 is 0 Å². The van der Waals surface area contributed by atoms with Crippen molar-refractivity contribution in [2.75, 3.05) is 53.6 Å². The van der Waals surface area contributed by atoms with Gasteiger partial charge in [-0.05, 0) is 63.1 Å². The smallest absolute Gasteiger partial charge is 0.157 e. The van der Waals surface area contributed by atoms with Crippen LogP contribution in [0.1, 0.15) is 43.2 Å². The number of nitrogens with zero attached hydrogens (tertiary/aromatic N) is 4. The van der Waals surface area contributed by atoms with E-state index in [1.54, 1.807) is 11.9 Å². The molecule has 1 aromatic heterocycles. The summed E-state index contributed by atoms with van der Waals surface area (Å²) in [5, 5.41) is 3.43. The monoisotopic (exact) mass is 406 g/mol. The molecule has 0 spiro atoms. The summed E-state index contributed by atoms with van der Waals surface area (Å²) in [6, 6.07) is 6.55. The molecule has 4 rings (SSSR count). The van der Waals surface area contributed by atoms with Crippen LogP contribution in [0.2, 0.25) is 0 Å². The Morgan fingerprint density at radius 3 is 2.60 bits per heavy atom. The molecule has 160 valence electrons. The van der Waals surface area contributed by atoms with E-state index in [9.17, 15) is 0 Å². The lowest BCUT2D eigenvalue weighted by Crippen LogP contribution is -2.47. The topological polar surface area (TPSA) is 70.3 Å². The minimum Gasteiger partial charge on any atom is -0.393 e. The molecule has 6 heteroatoms. The summed E-state index contributed by atoms with van der Waals surface area (Å²) >= 11 is 0. The maximum atomic E-state index is 6.47. The van der Waals surface area contributed by atoms with Crippen molar-refractivity contribution in [2.24, 2.45) is 0 Å². The highest BCUT2D eigenvalue weighted by Gasteiger charge is 2.22. The molecule has 1 aromatic carbocycles. The minimum atomic E-state index is 0.662. The predicted octanol–water partition coefficient (Wildman–Crippen LogP) is 4.30. The van der Waals surface area contributed by atoms with Gasteiger partial charge in [-0.15, -0.1) is 0 Å². The number of aromatic nitrogens is 2. The highest BCUT2D eigenvalue weighted by Crippen LogP contribution is 2.29. The zero-order valence-corrected chi connectivity index (χ0v) is 18.3. The van der Waals surface area contributed by atoms with Gasteiger partial charge < -0.3 is 20.9 Å². The molecule has 1 fully saturated rings. The highest BCUT2D eigenvalue weighted by atomic mass is 15.3. The molecule has 6 nitrogen and oxygen atoms in total. The lowest BCUT2D eigenvalue weighted by Gasteiger charge is -2.38. The lowest BCUT2D eigenvalue weighted by molar-refractivity contribution is 0.646.